The largest absolute Gasteiger partial charge is 0.340 e. The minimum absolute atomic E-state index is 0.144. The molecule has 5 nitrogen and oxygen atoms in total. The fourth-order valence-corrected chi connectivity index (χ4v) is 5.45. The van der Waals surface area contributed by atoms with E-state index in [1.165, 1.54) is 6.42 Å². The SMILES string of the molecule is O=C(C1CCCCS1(=O)=O)N1CCC2CCC(C1)N2. The Bertz CT molecular complexity index is 463. The van der Waals surface area contributed by atoms with Gasteiger partial charge in [-0.3, -0.25) is 4.79 Å². The van der Waals surface area contributed by atoms with Crippen molar-refractivity contribution in [2.24, 2.45) is 0 Å². The first kappa shape index (κ1) is 13.4. The van der Waals surface area contributed by atoms with Gasteiger partial charge < -0.3 is 10.2 Å². The average molecular weight is 286 g/mol. The minimum atomic E-state index is -3.21. The van der Waals surface area contributed by atoms with Gasteiger partial charge in [-0.05, 0) is 32.1 Å². The second kappa shape index (κ2) is 5.05. The van der Waals surface area contributed by atoms with Crippen molar-refractivity contribution in [1.29, 1.82) is 0 Å². The summed E-state index contributed by atoms with van der Waals surface area (Å²) in [5.41, 5.74) is 0. The van der Waals surface area contributed by atoms with Gasteiger partial charge in [0.2, 0.25) is 5.91 Å². The van der Waals surface area contributed by atoms with Crippen molar-refractivity contribution in [2.75, 3.05) is 18.8 Å². The number of hydrogen-bond donors (Lipinski definition) is 1. The Kier molecular flexibility index (Phi) is 3.55. The first-order valence-corrected chi connectivity index (χ1v) is 9.04. The monoisotopic (exact) mass is 286 g/mol. The lowest BCUT2D eigenvalue weighted by atomic mass is 10.1. The number of rotatable bonds is 1. The predicted octanol–water partition coefficient (Wildman–Crippen LogP) is 0.307. The molecule has 3 fully saturated rings. The summed E-state index contributed by atoms with van der Waals surface area (Å²) in [5, 5.41) is 2.75. The molecule has 3 atom stereocenters. The van der Waals surface area contributed by atoms with Gasteiger partial charge in [-0.15, -0.1) is 0 Å². The van der Waals surface area contributed by atoms with Crippen LogP contribution < -0.4 is 5.32 Å². The molecule has 2 bridgehead atoms. The van der Waals surface area contributed by atoms with Crippen LogP contribution in [0.25, 0.3) is 0 Å². The maximum atomic E-state index is 12.5. The number of carbonyl (C=O) groups is 1. The van der Waals surface area contributed by atoms with Crippen LogP contribution in [0.5, 0.6) is 0 Å². The molecule has 108 valence electrons. The fourth-order valence-electron chi connectivity index (χ4n) is 3.58. The number of likely N-dealkylation sites (tertiary alicyclic amines) is 1. The lowest BCUT2D eigenvalue weighted by Crippen LogP contribution is -2.48. The normalized spacial score (nSPS) is 37.9. The third-order valence-electron chi connectivity index (χ3n) is 4.69. The topological polar surface area (TPSA) is 66.5 Å². The highest BCUT2D eigenvalue weighted by Gasteiger charge is 2.39. The van der Waals surface area contributed by atoms with Gasteiger partial charge in [0.15, 0.2) is 9.84 Å². The maximum absolute atomic E-state index is 12.5. The number of amides is 1. The zero-order valence-corrected chi connectivity index (χ0v) is 12.0. The maximum Gasteiger partial charge on any atom is 0.240 e. The summed E-state index contributed by atoms with van der Waals surface area (Å²) in [6, 6.07) is 0.883. The standard InChI is InChI=1S/C13H22N2O3S/c16-13(12-3-1-2-8-19(12,17)18)15-7-6-10-4-5-11(9-15)14-10/h10-12,14H,1-9H2. The molecule has 1 N–H and O–H groups in total. The van der Waals surface area contributed by atoms with Crippen LogP contribution in [0.2, 0.25) is 0 Å². The van der Waals surface area contributed by atoms with E-state index in [0.29, 0.717) is 38.0 Å². The molecule has 3 rings (SSSR count). The Labute approximate surface area is 114 Å². The summed E-state index contributed by atoms with van der Waals surface area (Å²) in [7, 11) is -3.21. The first-order valence-electron chi connectivity index (χ1n) is 7.33. The van der Waals surface area contributed by atoms with Crippen molar-refractivity contribution in [3.05, 3.63) is 0 Å². The molecule has 3 unspecified atom stereocenters. The molecule has 0 aromatic heterocycles. The number of nitrogens with one attached hydrogen (secondary N) is 1. The van der Waals surface area contributed by atoms with Crippen molar-refractivity contribution in [3.8, 4) is 0 Å². The van der Waals surface area contributed by atoms with Crippen LogP contribution in [-0.4, -0.2) is 55.4 Å². The quantitative estimate of drug-likeness (QED) is 0.753. The molecule has 3 aliphatic rings. The van der Waals surface area contributed by atoms with Crippen LogP contribution in [0.1, 0.15) is 38.5 Å². The number of hydrogen-bond acceptors (Lipinski definition) is 4. The molecule has 0 aromatic carbocycles. The smallest absolute Gasteiger partial charge is 0.240 e. The van der Waals surface area contributed by atoms with E-state index in [0.717, 1.165) is 19.3 Å². The summed E-state index contributed by atoms with van der Waals surface area (Å²) in [4.78, 5) is 14.3. The minimum Gasteiger partial charge on any atom is -0.340 e. The van der Waals surface area contributed by atoms with E-state index in [-0.39, 0.29) is 11.7 Å². The predicted molar refractivity (Wildman–Crippen MR) is 72.6 cm³/mol. The van der Waals surface area contributed by atoms with E-state index in [1.54, 1.807) is 4.90 Å². The van der Waals surface area contributed by atoms with E-state index < -0.39 is 15.1 Å². The van der Waals surface area contributed by atoms with Gasteiger partial charge in [0.25, 0.3) is 0 Å². The summed E-state index contributed by atoms with van der Waals surface area (Å²) in [5.74, 6) is 0.0377. The Balaban J connectivity index is 1.72. The van der Waals surface area contributed by atoms with Gasteiger partial charge in [0, 0.05) is 25.2 Å². The molecule has 3 aliphatic heterocycles. The third-order valence-corrected chi connectivity index (χ3v) is 6.85. The highest BCUT2D eigenvalue weighted by atomic mass is 32.2. The van der Waals surface area contributed by atoms with Crippen LogP contribution in [0.4, 0.5) is 0 Å². The van der Waals surface area contributed by atoms with E-state index >= 15 is 0 Å². The number of fused-ring (bicyclic) bond motifs is 2. The zero-order chi connectivity index (χ0) is 13.5. The van der Waals surface area contributed by atoms with Gasteiger partial charge in [0.1, 0.15) is 5.25 Å². The van der Waals surface area contributed by atoms with Gasteiger partial charge in [-0.1, -0.05) is 6.42 Å². The zero-order valence-electron chi connectivity index (χ0n) is 11.2. The van der Waals surface area contributed by atoms with Crippen LogP contribution in [-0.2, 0) is 14.6 Å². The van der Waals surface area contributed by atoms with Gasteiger partial charge in [-0.2, -0.15) is 0 Å². The van der Waals surface area contributed by atoms with Crippen molar-refractivity contribution in [1.82, 2.24) is 10.2 Å². The van der Waals surface area contributed by atoms with E-state index in [1.807, 2.05) is 0 Å². The van der Waals surface area contributed by atoms with Crippen LogP contribution in [0.3, 0.4) is 0 Å². The molecule has 0 radical (unpaired) electrons. The second-order valence-electron chi connectivity index (χ2n) is 6.06. The van der Waals surface area contributed by atoms with Gasteiger partial charge >= 0.3 is 0 Å². The highest BCUT2D eigenvalue weighted by Crippen LogP contribution is 2.25. The number of sulfone groups is 1. The molecule has 19 heavy (non-hydrogen) atoms. The summed E-state index contributed by atoms with van der Waals surface area (Å²) >= 11 is 0. The molecule has 1 amide bonds. The Hall–Kier alpha value is -0.620. The molecular weight excluding hydrogens is 264 g/mol. The highest BCUT2D eigenvalue weighted by molar-refractivity contribution is 7.92. The Morgan fingerprint density at radius 1 is 1.05 bits per heavy atom. The van der Waals surface area contributed by atoms with Crippen molar-refractivity contribution in [3.63, 3.8) is 0 Å². The number of nitrogens with zero attached hydrogens (tertiary/aromatic N) is 1. The van der Waals surface area contributed by atoms with Gasteiger partial charge in [-0.25, -0.2) is 8.42 Å². The number of carbonyl (C=O) groups excluding carboxylic acids is 1. The van der Waals surface area contributed by atoms with Crippen LogP contribution >= 0.6 is 0 Å². The lowest BCUT2D eigenvalue weighted by molar-refractivity contribution is -0.131. The first-order chi connectivity index (χ1) is 9.06. The van der Waals surface area contributed by atoms with Crippen LogP contribution in [0.15, 0.2) is 0 Å². The van der Waals surface area contributed by atoms with E-state index in [2.05, 4.69) is 5.32 Å². The van der Waals surface area contributed by atoms with Crippen LogP contribution in [0, 0.1) is 0 Å². The Morgan fingerprint density at radius 2 is 1.84 bits per heavy atom. The Morgan fingerprint density at radius 3 is 2.63 bits per heavy atom. The molecule has 0 spiro atoms. The lowest BCUT2D eigenvalue weighted by Gasteiger charge is -2.30. The summed E-state index contributed by atoms with van der Waals surface area (Å²) in [6.45, 7) is 1.39. The van der Waals surface area contributed by atoms with Crippen molar-refractivity contribution < 1.29 is 13.2 Å². The second-order valence-corrected chi connectivity index (χ2v) is 8.37. The molecule has 6 heteroatoms. The molecule has 0 saturated carbocycles. The van der Waals surface area contributed by atoms with Crippen molar-refractivity contribution in [2.45, 2.75) is 55.9 Å². The van der Waals surface area contributed by atoms with Crippen molar-refractivity contribution >= 4 is 15.7 Å². The summed E-state index contributed by atoms with van der Waals surface area (Å²) < 4.78 is 24.1. The van der Waals surface area contributed by atoms with Gasteiger partial charge in [0.05, 0.1) is 5.75 Å². The molecule has 0 aromatic rings. The summed E-state index contributed by atoms with van der Waals surface area (Å²) in [6.07, 6.45) is 5.32. The molecule has 3 saturated heterocycles. The molecule has 3 heterocycles. The van der Waals surface area contributed by atoms with E-state index in [4.69, 9.17) is 0 Å². The third kappa shape index (κ3) is 2.65. The molecule has 0 aliphatic carbocycles. The molecular formula is C13H22N2O3S. The van der Waals surface area contributed by atoms with E-state index in [9.17, 15) is 13.2 Å². The fraction of sp³-hybridized carbons (Fsp3) is 0.923. The average Bonchev–Trinajstić information content (AvgIpc) is 2.68.